The van der Waals surface area contributed by atoms with Gasteiger partial charge in [-0.2, -0.15) is 13.2 Å². The van der Waals surface area contributed by atoms with Gasteiger partial charge in [-0.05, 0) is 37.8 Å². The lowest BCUT2D eigenvalue weighted by Crippen LogP contribution is -2.51. The van der Waals surface area contributed by atoms with Gasteiger partial charge >= 0.3 is 6.18 Å². The Kier molecular flexibility index (Phi) is 5.74. The molecule has 0 amide bonds. The second-order valence-corrected chi connectivity index (χ2v) is 6.96. The highest BCUT2D eigenvalue weighted by Gasteiger charge is 2.30. The lowest BCUT2D eigenvalue weighted by Gasteiger charge is -2.42. The summed E-state index contributed by atoms with van der Waals surface area (Å²) in [5.41, 5.74) is 6.73. The Hall–Kier alpha value is -1.47. The standard InChI is InChI=1S/C18H26F3N3O/c19-18(20,21)13-25-17-4-2-1-3-16(17)24-11-9-23(10-12-24)15-7-5-14(22)6-8-15/h1-4,14-15H,5-13,22H2. The van der Waals surface area contributed by atoms with Gasteiger partial charge in [-0.15, -0.1) is 0 Å². The van der Waals surface area contributed by atoms with Gasteiger partial charge < -0.3 is 15.4 Å². The number of benzene rings is 1. The SMILES string of the molecule is NC1CCC(N2CCN(c3ccccc3OCC(F)(F)F)CC2)CC1. The molecule has 140 valence electrons. The molecule has 1 aliphatic carbocycles. The molecule has 0 bridgehead atoms. The number of anilines is 1. The van der Waals surface area contributed by atoms with Crippen LogP contribution in [0.5, 0.6) is 5.75 Å². The van der Waals surface area contributed by atoms with Crippen LogP contribution in [0.4, 0.5) is 18.9 Å². The summed E-state index contributed by atoms with van der Waals surface area (Å²) in [5, 5.41) is 0. The second-order valence-electron chi connectivity index (χ2n) is 6.96. The second kappa shape index (κ2) is 7.83. The van der Waals surface area contributed by atoms with Gasteiger partial charge in [0.05, 0.1) is 5.69 Å². The highest BCUT2D eigenvalue weighted by molar-refractivity contribution is 5.58. The number of piperazine rings is 1. The first-order chi connectivity index (χ1) is 11.9. The molecule has 0 atom stereocenters. The molecule has 0 spiro atoms. The number of ether oxygens (including phenoxy) is 1. The summed E-state index contributed by atoms with van der Waals surface area (Å²) in [4.78, 5) is 4.62. The molecule has 0 aromatic heterocycles. The van der Waals surface area contributed by atoms with E-state index in [0.717, 1.165) is 57.5 Å². The van der Waals surface area contributed by atoms with Crippen molar-refractivity contribution in [1.82, 2.24) is 4.90 Å². The summed E-state index contributed by atoms with van der Waals surface area (Å²) in [6, 6.07) is 7.92. The van der Waals surface area contributed by atoms with Crippen LogP contribution in [0.3, 0.4) is 0 Å². The van der Waals surface area contributed by atoms with E-state index < -0.39 is 12.8 Å². The molecule has 2 N–H and O–H groups in total. The third kappa shape index (κ3) is 5.01. The Labute approximate surface area is 146 Å². The van der Waals surface area contributed by atoms with Crippen molar-refractivity contribution >= 4 is 5.69 Å². The Bertz CT molecular complexity index is 551. The number of nitrogens with zero attached hydrogens (tertiary/aromatic N) is 2. The van der Waals surface area contributed by atoms with Crippen molar-refractivity contribution in [3.05, 3.63) is 24.3 Å². The number of hydrogen-bond donors (Lipinski definition) is 1. The average molecular weight is 357 g/mol. The molecule has 1 aromatic carbocycles. The van der Waals surface area contributed by atoms with Gasteiger partial charge in [0.25, 0.3) is 0 Å². The van der Waals surface area contributed by atoms with Crippen molar-refractivity contribution in [2.75, 3.05) is 37.7 Å². The van der Waals surface area contributed by atoms with E-state index in [4.69, 9.17) is 10.5 Å². The van der Waals surface area contributed by atoms with Crippen LogP contribution in [0.2, 0.25) is 0 Å². The molecule has 2 fully saturated rings. The Balaban J connectivity index is 1.57. The molecule has 0 radical (unpaired) electrons. The lowest BCUT2D eigenvalue weighted by atomic mass is 9.90. The fourth-order valence-corrected chi connectivity index (χ4v) is 3.79. The Morgan fingerprint density at radius 2 is 1.64 bits per heavy atom. The minimum atomic E-state index is -4.33. The normalized spacial score (nSPS) is 25.8. The lowest BCUT2D eigenvalue weighted by molar-refractivity contribution is -0.153. The van der Waals surface area contributed by atoms with Gasteiger partial charge in [0, 0.05) is 38.3 Å². The highest BCUT2D eigenvalue weighted by atomic mass is 19.4. The molecule has 1 saturated carbocycles. The number of hydrogen-bond acceptors (Lipinski definition) is 4. The Morgan fingerprint density at radius 1 is 1.00 bits per heavy atom. The molecule has 1 aromatic rings. The molecule has 7 heteroatoms. The van der Waals surface area contributed by atoms with Crippen LogP contribution in [0.15, 0.2) is 24.3 Å². The topological polar surface area (TPSA) is 41.7 Å². The maximum Gasteiger partial charge on any atom is 0.422 e. The van der Waals surface area contributed by atoms with E-state index >= 15 is 0 Å². The number of halogens is 3. The van der Waals surface area contributed by atoms with Crippen LogP contribution in [0, 0.1) is 0 Å². The molecule has 0 unspecified atom stereocenters. The van der Waals surface area contributed by atoms with E-state index in [0.29, 0.717) is 17.8 Å². The van der Waals surface area contributed by atoms with E-state index in [2.05, 4.69) is 9.80 Å². The maximum atomic E-state index is 12.4. The zero-order valence-electron chi connectivity index (χ0n) is 14.3. The summed E-state index contributed by atoms with van der Waals surface area (Å²) in [5.74, 6) is 0.303. The van der Waals surface area contributed by atoms with Gasteiger partial charge in [-0.25, -0.2) is 0 Å². The minimum Gasteiger partial charge on any atom is -0.482 e. The van der Waals surface area contributed by atoms with E-state index in [1.807, 2.05) is 12.1 Å². The predicted octanol–water partition coefficient (Wildman–Crippen LogP) is 3.02. The molecule has 3 rings (SSSR count). The quantitative estimate of drug-likeness (QED) is 0.899. The van der Waals surface area contributed by atoms with Gasteiger partial charge in [0.2, 0.25) is 0 Å². The zero-order valence-corrected chi connectivity index (χ0v) is 14.3. The van der Waals surface area contributed by atoms with E-state index in [9.17, 15) is 13.2 Å². The first-order valence-electron chi connectivity index (χ1n) is 8.95. The Morgan fingerprint density at radius 3 is 2.28 bits per heavy atom. The summed E-state index contributed by atoms with van der Waals surface area (Å²) in [6.45, 7) is 2.19. The number of para-hydroxylation sites is 2. The van der Waals surface area contributed by atoms with E-state index in [-0.39, 0.29) is 0 Å². The number of alkyl halides is 3. The van der Waals surface area contributed by atoms with Crippen molar-refractivity contribution in [2.24, 2.45) is 5.73 Å². The summed E-state index contributed by atoms with van der Waals surface area (Å²) in [6.07, 6.45) is 0.129. The van der Waals surface area contributed by atoms with E-state index in [1.165, 1.54) is 0 Å². The third-order valence-corrected chi connectivity index (χ3v) is 5.17. The molecular weight excluding hydrogens is 331 g/mol. The fourth-order valence-electron chi connectivity index (χ4n) is 3.79. The van der Waals surface area contributed by atoms with Crippen LogP contribution in [0.1, 0.15) is 25.7 Å². The minimum absolute atomic E-state index is 0.303. The zero-order chi connectivity index (χ0) is 17.9. The van der Waals surface area contributed by atoms with Crippen LogP contribution in [0.25, 0.3) is 0 Å². The van der Waals surface area contributed by atoms with Crippen molar-refractivity contribution < 1.29 is 17.9 Å². The average Bonchev–Trinajstić information content (AvgIpc) is 2.60. The van der Waals surface area contributed by atoms with Gasteiger partial charge in [-0.3, -0.25) is 4.90 Å². The first kappa shape index (κ1) is 18.3. The molecule has 1 saturated heterocycles. The largest absolute Gasteiger partial charge is 0.482 e. The first-order valence-corrected chi connectivity index (χ1v) is 8.95. The summed E-state index contributed by atoms with van der Waals surface area (Å²) >= 11 is 0. The monoisotopic (exact) mass is 357 g/mol. The highest BCUT2D eigenvalue weighted by Crippen LogP contribution is 2.31. The van der Waals surface area contributed by atoms with Crippen molar-refractivity contribution in [1.29, 1.82) is 0 Å². The van der Waals surface area contributed by atoms with Crippen molar-refractivity contribution in [2.45, 2.75) is 43.9 Å². The number of rotatable bonds is 4. The summed E-state index contributed by atoms with van der Waals surface area (Å²) < 4.78 is 42.4. The number of nitrogens with two attached hydrogens (primary N) is 1. The fraction of sp³-hybridized carbons (Fsp3) is 0.667. The smallest absolute Gasteiger partial charge is 0.422 e. The molecule has 1 heterocycles. The van der Waals surface area contributed by atoms with Crippen molar-refractivity contribution in [3.63, 3.8) is 0 Å². The van der Waals surface area contributed by atoms with E-state index in [1.54, 1.807) is 12.1 Å². The van der Waals surface area contributed by atoms with Crippen molar-refractivity contribution in [3.8, 4) is 5.75 Å². The van der Waals surface area contributed by atoms with Crippen LogP contribution >= 0.6 is 0 Å². The third-order valence-electron chi connectivity index (χ3n) is 5.17. The van der Waals surface area contributed by atoms with Crippen LogP contribution in [-0.4, -0.2) is 55.9 Å². The molecule has 1 aliphatic heterocycles. The van der Waals surface area contributed by atoms with Gasteiger partial charge in [-0.1, -0.05) is 12.1 Å². The van der Waals surface area contributed by atoms with Crippen LogP contribution < -0.4 is 15.4 Å². The van der Waals surface area contributed by atoms with Gasteiger partial charge in [0.15, 0.2) is 6.61 Å². The molecular formula is C18H26F3N3O. The molecule has 4 nitrogen and oxygen atoms in total. The maximum absolute atomic E-state index is 12.4. The predicted molar refractivity (Wildman–Crippen MR) is 92.0 cm³/mol. The molecule has 2 aliphatic rings. The van der Waals surface area contributed by atoms with Crippen LogP contribution in [-0.2, 0) is 0 Å². The van der Waals surface area contributed by atoms with Gasteiger partial charge in [0.1, 0.15) is 5.75 Å². The molecule has 25 heavy (non-hydrogen) atoms. The summed E-state index contributed by atoms with van der Waals surface area (Å²) in [7, 11) is 0.